The fraction of sp³-hybridized carbons (Fsp3) is 1.00. The van der Waals surface area contributed by atoms with E-state index in [1.165, 1.54) is 19.3 Å². The van der Waals surface area contributed by atoms with Gasteiger partial charge in [-0.2, -0.15) is 0 Å². The molecule has 17 heavy (non-hydrogen) atoms. The molecule has 0 saturated heterocycles. The third kappa shape index (κ3) is 12.1. The first kappa shape index (κ1) is 16.9. The Balaban J connectivity index is 3.40. The third-order valence-corrected chi connectivity index (χ3v) is 2.77. The van der Waals surface area contributed by atoms with Gasteiger partial charge in [-0.3, -0.25) is 0 Å². The monoisotopic (exact) mass is 245 g/mol. The van der Waals surface area contributed by atoms with Gasteiger partial charge in [-0.15, -0.1) is 0 Å². The molecule has 1 unspecified atom stereocenters. The van der Waals surface area contributed by atoms with E-state index in [1.54, 1.807) is 7.11 Å². The maximum Gasteiger partial charge on any atom is 0.0700 e. The van der Waals surface area contributed by atoms with Gasteiger partial charge in [0, 0.05) is 19.8 Å². The molecule has 0 spiro atoms. The fourth-order valence-electron chi connectivity index (χ4n) is 2.00. The van der Waals surface area contributed by atoms with Crippen molar-refractivity contribution < 1.29 is 9.47 Å². The van der Waals surface area contributed by atoms with E-state index in [9.17, 15) is 0 Å². The lowest BCUT2D eigenvalue weighted by Gasteiger charge is -2.19. The van der Waals surface area contributed by atoms with E-state index < -0.39 is 0 Å². The summed E-state index contributed by atoms with van der Waals surface area (Å²) in [5.41, 5.74) is 0. The van der Waals surface area contributed by atoms with E-state index in [2.05, 4.69) is 26.1 Å². The standard InChI is InChI=1S/C14H31NO2/c1-5-15-14(12-13(2)3)8-6-7-9-17-11-10-16-4/h13-15H,5-12H2,1-4H3. The second-order valence-corrected chi connectivity index (χ2v) is 4.99. The summed E-state index contributed by atoms with van der Waals surface area (Å²) in [5, 5.41) is 3.56. The van der Waals surface area contributed by atoms with Crippen LogP contribution < -0.4 is 5.32 Å². The molecule has 0 aliphatic rings. The second kappa shape index (κ2) is 12.3. The lowest BCUT2D eigenvalue weighted by molar-refractivity contribution is 0.0683. The van der Waals surface area contributed by atoms with Crippen LogP contribution in [0.15, 0.2) is 0 Å². The minimum Gasteiger partial charge on any atom is -0.382 e. The predicted molar refractivity (Wildman–Crippen MR) is 73.5 cm³/mol. The molecular weight excluding hydrogens is 214 g/mol. The molecule has 0 aliphatic heterocycles. The van der Waals surface area contributed by atoms with Crippen molar-refractivity contribution >= 4 is 0 Å². The molecule has 0 fully saturated rings. The zero-order chi connectivity index (χ0) is 12.9. The third-order valence-electron chi connectivity index (χ3n) is 2.77. The fourth-order valence-corrected chi connectivity index (χ4v) is 2.00. The van der Waals surface area contributed by atoms with Gasteiger partial charge in [-0.25, -0.2) is 0 Å². The molecule has 1 atom stereocenters. The highest BCUT2D eigenvalue weighted by Crippen LogP contribution is 2.11. The molecule has 0 saturated carbocycles. The number of unbranched alkanes of at least 4 members (excludes halogenated alkanes) is 1. The second-order valence-electron chi connectivity index (χ2n) is 4.99. The van der Waals surface area contributed by atoms with Gasteiger partial charge in [0.2, 0.25) is 0 Å². The highest BCUT2D eigenvalue weighted by atomic mass is 16.5. The van der Waals surface area contributed by atoms with Crippen LogP contribution in [-0.2, 0) is 9.47 Å². The van der Waals surface area contributed by atoms with E-state index in [-0.39, 0.29) is 0 Å². The summed E-state index contributed by atoms with van der Waals surface area (Å²) >= 11 is 0. The van der Waals surface area contributed by atoms with Crippen molar-refractivity contribution in [3.8, 4) is 0 Å². The topological polar surface area (TPSA) is 30.5 Å². The van der Waals surface area contributed by atoms with Crippen LogP contribution in [0.5, 0.6) is 0 Å². The number of hydrogen-bond acceptors (Lipinski definition) is 3. The van der Waals surface area contributed by atoms with Crippen LogP contribution in [0.4, 0.5) is 0 Å². The molecule has 3 heteroatoms. The zero-order valence-electron chi connectivity index (χ0n) is 12.1. The van der Waals surface area contributed by atoms with E-state index in [1.807, 2.05) is 0 Å². The number of hydrogen-bond donors (Lipinski definition) is 1. The Morgan fingerprint density at radius 2 is 1.82 bits per heavy atom. The number of methoxy groups -OCH3 is 1. The average molecular weight is 245 g/mol. The Morgan fingerprint density at radius 1 is 1.06 bits per heavy atom. The molecule has 104 valence electrons. The number of rotatable bonds is 12. The van der Waals surface area contributed by atoms with Crippen LogP contribution in [0, 0.1) is 5.92 Å². The summed E-state index contributed by atoms with van der Waals surface area (Å²) in [6, 6.07) is 0.680. The summed E-state index contributed by atoms with van der Waals surface area (Å²) in [7, 11) is 1.70. The minimum atomic E-state index is 0.680. The Hall–Kier alpha value is -0.120. The van der Waals surface area contributed by atoms with Crippen molar-refractivity contribution in [3.63, 3.8) is 0 Å². The number of ether oxygens (including phenoxy) is 2. The van der Waals surface area contributed by atoms with Gasteiger partial charge in [-0.1, -0.05) is 20.8 Å². The molecule has 0 heterocycles. The Morgan fingerprint density at radius 3 is 2.41 bits per heavy atom. The first-order valence-electron chi connectivity index (χ1n) is 7.00. The molecule has 0 aromatic rings. The maximum absolute atomic E-state index is 5.45. The van der Waals surface area contributed by atoms with Crippen molar-refractivity contribution in [2.75, 3.05) is 33.5 Å². The van der Waals surface area contributed by atoms with Crippen LogP contribution >= 0.6 is 0 Å². The molecule has 0 aliphatic carbocycles. The van der Waals surface area contributed by atoms with E-state index in [0.29, 0.717) is 12.6 Å². The van der Waals surface area contributed by atoms with Crippen LogP contribution in [-0.4, -0.2) is 39.5 Å². The van der Waals surface area contributed by atoms with Gasteiger partial charge in [0.25, 0.3) is 0 Å². The highest BCUT2D eigenvalue weighted by molar-refractivity contribution is 4.67. The first-order chi connectivity index (χ1) is 8.20. The van der Waals surface area contributed by atoms with Crippen molar-refractivity contribution in [2.24, 2.45) is 5.92 Å². The average Bonchev–Trinajstić information content (AvgIpc) is 2.27. The molecular formula is C14H31NO2. The predicted octanol–water partition coefficient (Wildman–Crippen LogP) is 2.84. The van der Waals surface area contributed by atoms with Crippen molar-refractivity contribution in [1.82, 2.24) is 5.32 Å². The van der Waals surface area contributed by atoms with Gasteiger partial charge in [-0.05, 0) is 38.1 Å². The molecule has 0 aromatic heterocycles. The molecule has 1 N–H and O–H groups in total. The van der Waals surface area contributed by atoms with Crippen LogP contribution in [0.2, 0.25) is 0 Å². The Bertz CT molecular complexity index is 151. The first-order valence-corrected chi connectivity index (χ1v) is 7.00. The Labute approximate surface area is 107 Å². The SMILES string of the molecule is CCNC(CCCCOCCOC)CC(C)C. The number of nitrogens with one attached hydrogen (secondary N) is 1. The van der Waals surface area contributed by atoms with E-state index in [0.717, 1.165) is 32.1 Å². The summed E-state index contributed by atoms with van der Waals surface area (Å²) in [5.74, 6) is 0.775. The van der Waals surface area contributed by atoms with Gasteiger partial charge >= 0.3 is 0 Å². The minimum absolute atomic E-state index is 0.680. The molecule has 3 nitrogen and oxygen atoms in total. The zero-order valence-corrected chi connectivity index (χ0v) is 12.1. The highest BCUT2D eigenvalue weighted by Gasteiger charge is 2.08. The van der Waals surface area contributed by atoms with Crippen molar-refractivity contribution in [2.45, 2.75) is 52.5 Å². The summed E-state index contributed by atoms with van der Waals surface area (Å²) in [4.78, 5) is 0. The van der Waals surface area contributed by atoms with Crippen molar-refractivity contribution in [3.05, 3.63) is 0 Å². The summed E-state index contributed by atoms with van der Waals surface area (Å²) in [6.45, 7) is 10.1. The van der Waals surface area contributed by atoms with Gasteiger partial charge in [0.1, 0.15) is 0 Å². The van der Waals surface area contributed by atoms with Gasteiger partial charge in [0.05, 0.1) is 13.2 Å². The van der Waals surface area contributed by atoms with E-state index in [4.69, 9.17) is 9.47 Å². The van der Waals surface area contributed by atoms with Crippen LogP contribution in [0.1, 0.15) is 46.5 Å². The largest absolute Gasteiger partial charge is 0.382 e. The van der Waals surface area contributed by atoms with Gasteiger partial charge in [0.15, 0.2) is 0 Å². The molecule has 0 amide bonds. The van der Waals surface area contributed by atoms with Crippen LogP contribution in [0.3, 0.4) is 0 Å². The van der Waals surface area contributed by atoms with Crippen molar-refractivity contribution in [1.29, 1.82) is 0 Å². The quantitative estimate of drug-likeness (QED) is 0.536. The summed E-state index contributed by atoms with van der Waals surface area (Å²) < 4.78 is 10.4. The summed E-state index contributed by atoms with van der Waals surface area (Å²) in [6.07, 6.45) is 4.94. The van der Waals surface area contributed by atoms with E-state index >= 15 is 0 Å². The van der Waals surface area contributed by atoms with Crippen LogP contribution in [0.25, 0.3) is 0 Å². The lowest BCUT2D eigenvalue weighted by atomic mass is 9.99. The maximum atomic E-state index is 5.45. The van der Waals surface area contributed by atoms with Gasteiger partial charge < -0.3 is 14.8 Å². The lowest BCUT2D eigenvalue weighted by Crippen LogP contribution is -2.30. The Kier molecular flexibility index (Phi) is 12.3. The smallest absolute Gasteiger partial charge is 0.0700 e. The molecule has 0 aromatic carbocycles. The molecule has 0 rings (SSSR count). The normalized spacial score (nSPS) is 13.2. The molecule has 0 radical (unpaired) electrons. The molecule has 0 bridgehead atoms.